The number of benzene rings is 1. The van der Waals surface area contributed by atoms with Crippen LogP contribution in [0.4, 0.5) is 13.9 Å². The summed E-state index contributed by atoms with van der Waals surface area (Å²) in [6.07, 6.45) is 2.47. The fourth-order valence-corrected chi connectivity index (χ4v) is 4.25. The second kappa shape index (κ2) is 10.4. The Kier molecular flexibility index (Phi) is 6.92. The van der Waals surface area contributed by atoms with E-state index < -0.39 is 18.0 Å². The minimum Gasteiger partial charge on any atom is -0.494 e. The first kappa shape index (κ1) is 24.5. The number of methoxy groups -OCH3 is 1. The average Bonchev–Trinajstić information content (AvgIpc) is 3.43. The molecule has 5 rings (SSSR count). The number of carbonyl (C=O) groups is 1. The summed E-state index contributed by atoms with van der Waals surface area (Å²) < 4.78 is 34.2. The fourth-order valence-electron chi connectivity index (χ4n) is 3.65. The van der Waals surface area contributed by atoms with Crippen LogP contribution in [0.1, 0.15) is 47.3 Å². The van der Waals surface area contributed by atoms with Gasteiger partial charge in [-0.1, -0.05) is 23.3 Å². The minimum absolute atomic E-state index is 0.240. The van der Waals surface area contributed by atoms with E-state index in [4.69, 9.17) is 4.74 Å². The van der Waals surface area contributed by atoms with Crippen LogP contribution in [0.2, 0.25) is 0 Å². The van der Waals surface area contributed by atoms with Gasteiger partial charge in [-0.3, -0.25) is 19.8 Å². The van der Waals surface area contributed by atoms with Gasteiger partial charge in [-0.05, 0) is 55.5 Å². The van der Waals surface area contributed by atoms with Crippen molar-refractivity contribution in [3.63, 3.8) is 0 Å². The molecule has 0 saturated heterocycles. The minimum atomic E-state index is -2.79. The van der Waals surface area contributed by atoms with E-state index in [1.54, 1.807) is 22.9 Å². The molecule has 188 valence electrons. The molecule has 1 amide bonds. The van der Waals surface area contributed by atoms with Crippen LogP contribution < -0.4 is 10.1 Å². The predicted molar refractivity (Wildman–Crippen MR) is 136 cm³/mol. The van der Waals surface area contributed by atoms with Gasteiger partial charge in [-0.2, -0.15) is 5.10 Å². The lowest BCUT2D eigenvalue weighted by molar-refractivity contribution is 0.102. The summed E-state index contributed by atoms with van der Waals surface area (Å²) in [7, 11) is 1.42. The lowest BCUT2D eigenvalue weighted by Crippen LogP contribution is -2.13. The first-order valence-electron chi connectivity index (χ1n) is 11.6. The molecule has 1 aliphatic carbocycles. The molecule has 0 unspecified atom stereocenters. The Morgan fingerprint density at radius 2 is 2.08 bits per heavy atom. The zero-order chi connectivity index (χ0) is 25.9. The number of ether oxygens (including phenoxy) is 1. The Morgan fingerprint density at radius 1 is 1.24 bits per heavy atom. The third-order valence-corrected chi connectivity index (χ3v) is 6.51. The third-order valence-electron chi connectivity index (χ3n) is 5.75. The van der Waals surface area contributed by atoms with Gasteiger partial charge in [0.25, 0.3) is 12.3 Å². The lowest BCUT2D eigenvalue weighted by Gasteiger charge is -2.15. The fraction of sp³-hybridized carbons (Fsp3) is 0.269. The molecule has 1 saturated carbocycles. The van der Waals surface area contributed by atoms with Gasteiger partial charge < -0.3 is 4.74 Å². The first-order valence-corrected chi connectivity index (χ1v) is 12.4. The number of nitrogens with zero attached hydrogens (tertiary/aromatic N) is 5. The highest BCUT2D eigenvalue weighted by Gasteiger charge is 2.22. The van der Waals surface area contributed by atoms with Gasteiger partial charge in [-0.25, -0.2) is 8.78 Å². The van der Waals surface area contributed by atoms with E-state index in [0.717, 1.165) is 12.8 Å². The predicted octanol–water partition coefficient (Wildman–Crippen LogP) is 5.44. The summed E-state index contributed by atoms with van der Waals surface area (Å²) in [5.74, 6) is 6.29. The van der Waals surface area contributed by atoms with E-state index >= 15 is 0 Å². The van der Waals surface area contributed by atoms with Gasteiger partial charge in [0.15, 0.2) is 5.01 Å². The smallest absolute Gasteiger partial charge is 0.280 e. The number of hydrogen-bond acceptors (Lipinski definition) is 7. The summed E-state index contributed by atoms with van der Waals surface area (Å²) in [5, 5.41) is 16.1. The molecule has 11 heteroatoms. The molecule has 37 heavy (non-hydrogen) atoms. The Hall–Kier alpha value is -4.17. The Morgan fingerprint density at radius 3 is 2.78 bits per heavy atom. The highest BCUT2D eigenvalue weighted by molar-refractivity contribution is 7.15. The molecule has 0 atom stereocenters. The summed E-state index contributed by atoms with van der Waals surface area (Å²) in [4.78, 5) is 17.2. The molecule has 1 aliphatic rings. The molecule has 0 aliphatic heterocycles. The van der Waals surface area contributed by atoms with Crippen LogP contribution in [-0.2, 0) is 6.54 Å². The number of carbonyl (C=O) groups excluding carboxylic acids is 1. The van der Waals surface area contributed by atoms with Gasteiger partial charge >= 0.3 is 0 Å². The van der Waals surface area contributed by atoms with E-state index in [9.17, 15) is 13.6 Å². The van der Waals surface area contributed by atoms with Gasteiger partial charge in [0, 0.05) is 35.3 Å². The number of halogens is 2. The van der Waals surface area contributed by atoms with Crippen LogP contribution in [0, 0.1) is 17.8 Å². The number of anilines is 1. The zero-order valence-corrected chi connectivity index (χ0v) is 20.9. The molecule has 3 aromatic heterocycles. The molecule has 8 nitrogen and oxygen atoms in total. The van der Waals surface area contributed by atoms with Crippen LogP contribution in [0.5, 0.6) is 5.75 Å². The number of aryl methyl sites for hydroxylation is 1. The second-order valence-corrected chi connectivity index (χ2v) is 9.31. The van der Waals surface area contributed by atoms with Crippen molar-refractivity contribution in [1.29, 1.82) is 0 Å². The number of rotatable bonds is 7. The number of nitrogens with one attached hydrogen (secondary N) is 1. The summed E-state index contributed by atoms with van der Waals surface area (Å²) in [6, 6.07) is 8.20. The molecule has 4 aromatic rings. The molecular weight excluding hydrogens is 498 g/mol. The highest BCUT2D eigenvalue weighted by atomic mass is 32.1. The molecule has 1 N–H and O–H groups in total. The van der Waals surface area contributed by atoms with Crippen molar-refractivity contribution >= 4 is 22.4 Å². The van der Waals surface area contributed by atoms with Crippen molar-refractivity contribution in [3.05, 3.63) is 59.0 Å². The largest absolute Gasteiger partial charge is 0.494 e. The van der Waals surface area contributed by atoms with Crippen molar-refractivity contribution < 1.29 is 18.3 Å². The number of hydrogen-bond donors (Lipinski definition) is 1. The van der Waals surface area contributed by atoms with Crippen molar-refractivity contribution in [2.75, 3.05) is 12.4 Å². The van der Waals surface area contributed by atoms with Crippen molar-refractivity contribution in [1.82, 2.24) is 25.0 Å². The van der Waals surface area contributed by atoms with Crippen molar-refractivity contribution in [3.8, 4) is 40.0 Å². The van der Waals surface area contributed by atoms with E-state index in [-0.39, 0.29) is 16.4 Å². The summed E-state index contributed by atoms with van der Waals surface area (Å²) in [5.41, 5.74) is 1.91. The van der Waals surface area contributed by atoms with Crippen LogP contribution in [0.15, 0.2) is 42.7 Å². The van der Waals surface area contributed by atoms with Crippen LogP contribution >= 0.6 is 11.3 Å². The standard InChI is InChI=1S/C26H22F2N6O2S/c1-3-34-11-10-20(33-34)16-7-8-17(18(12-16)19-13-21(24(27)28)29-14-22(19)36-2)25(35)30-26-32-31-23(37-26)9-6-15-4-5-15/h7-8,10-15,24H,3-5H2,1-2H3,(H,30,32,35). The molecule has 1 fully saturated rings. The van der Waals surface area contributed by atoms with Gasteiger partial charge in [0.2, 0.25) is 5.13 Å². The van der Waals surface area contributed by atoms with Crippen molar-refractivity contribution in [2.24, 2.45) is 5.92 Å². The number of pyridine rings is 1. The Balaban J connectivity index is 1.55. The monoisotopic (exact) mass is 520 g/mol. The lowest BCUT2D eigenvalue weighted by atomic mass is 9.95. The van der Waals surface area contributed by atoms with Gasteiger partial charge in [-0.15, -0.1) is 10.2 Å². The summed E-state index contributed by atoms with van der Waals surface area (Å²) >= 11 is 1.17. The second-order valence-electron chi connectivity index (χ2n) is 8.34. The normalized spacial score (nSPS) is 12.8. The number of amides is 1. The zero-order valence-electron chi connectivity index (χ0n) is 20.0. The maximum Gasteiger partial charge on any atom is 0.280 e. The highest BCUT2D eigenvalue weighted by Crippen LogP contribution is 2.37. The molecule has 0 bridgehead atoms. The molecule has 1 aromatic carbocycles. The van der Waals surface area contributed by atoms with Crippen LogP contribution in [0.3, 0.4) is 0 Å². The van der Waals surface area contributed by atoms with Gasteiger partial charge in [0.05, 0.1) is 19.0 Å². The molecular formula is C26H22F2N6O2S. The quantitative estimate of drug-likeness (QED) is 0.326. The van der Waals surface area contributed by atoms with Crippen LogP contribution in [-0.4, -0.2) is 38.0 Å². The maximum absolute atomic E-state index is 13.5. The Labute approximate surface area is 215 Å². The maximum atomic E-state index is 13.5. The van der Waals surface area contributed by atoms with Crippen molar-refractivity contribution in [2.45, 2.75) is 32.7 Å². The number of aromatic nitrogens is 5. The van der Waals surface area contributed by atoms with E-state index in [1.165, 1.54) is 30.7 Å². The topological polar surface area (TPSA) is 94.8 Å². The van der Waals surface area contributed by atoms with E-state index in [2.05, 4.69) is 37.4 Å². The third kappa shape index (κ3) is 5.49. The molecule has 0 radical (unpaired) electrons. The first-order chi connectivity index (χ1) is 17.9. The summed E-state index contributed by atoms with van der Waals surface area (Å²) in [6.45, 7) is 2.66. The average molecular weight is 521 g/mol. The SMILES string of the molecule is CCn1ccc(-c2ccc(C(=O)Nc3nnc(C#CC4CC4)s3)c(-c3cc(C(F)F)ncc3OC)c2)n1. The van der Waals surface area contributed by atoms with Crippen LogP contribution in [0.25, 0.3) is 22.4 Å². The number of alkyl halides is 2. The van der Waals surface area contributed by atoms with Gasteiger partial charge in [0.1, 0.15) is 11.4 Å². The Bertz CT molecular complexity index is 1520. The molecule has 3 heterocycles. The van der Waals surface area contributed by atoms with E-state index in [1.807, 2.05) is 19.2 Å². The van der Waals surface area contributed by atoms with E-state index in [0.29, 0.717) is 39.9 Å². The molecule has 0 spiro atoms.